The molecule has 0 bridgehead atoms. The van der Waals surface area contributed by atoms with Crippen molar-refractivity contribution in [1.82, 2.24) is 0 Å². The normalized spacial score (nSPS) is 28.3. The summed E-state index contributed by atoms with van der Waals surface area (Å²) in [5, 5.41) is 0. The average molecular weight is 259 g/mol. The molecule has 1 nitrogen and oxygen atoms in total. The molecule has 1 aromatic carbocycles. The van der Waals surface area contributed by atoms with Crippen molar-refractivity contribution >= 4 is 0 Å². The standard InChI is InChI=1S/C18H29N/c1-17(2,3)13-14-18(19)11-9-16(10-12-18)15-7-5-4-6-8-15/h4-8,16H,9-14,19H2,1-3H3. The van der Waals surface area contributed by atoms with Gasteiger partial charge in [0.15, 0.2) is 0 Å². The molecule has 2 N–H and O–H groups in total. The predicted octanol–water partition coefficient (Wildman–Crippen LogP) is 4.87. The van der Waals surface area contributed by atoms with Gasteiger partial charge in [0, 0.05) is 5.54 Å². The van der Waals surface area contributed by atoms with Crippen LogP contribution in [0, 0.1) is 5.41 Å². The van der Waals surface area contributed by atoms with Gasteiger partial charge in [-0.3, -0.25) is 0 Å². The Bertz CT molecular complexity index is 380. The molecule has 1 heteroatoms. The van der Waals surface area contributed by atoms with Crippen molar-refractivity contribution in [3.63, 3.8) is 0 Å². The van der Waals surface area contributed by atoms with Crippen molar-refractivity contribution in [3.05, 3.63) is 35.9 Å². The first-order valence-corrected chi connectivity index (χ1v) is 7.72. The Morgan fingerprint density at radius 3 is 2.21 bits per heavy atom. The SMILES string of the molecule is CC(C)(C)CCC1(N)CCC(c2ccccc2)CC1. The number of rotatable bonds is 3. The van der Waals surface area contributed by atoms with Gasteiger partial charge in [-0.25, -0.2) is 0 Å². The smallest absolute Gasteiger partial charge is 0.0155 e. The van der Waals surface area contributed by atoms with Gasteiger partial charge in [0.05, 0.1) is 0 Å². The van der Waals surface area contributed by atoms with Gasteiger partial charge < -0.3 is 5.73 Å². The molecule has 0 aliphatic heterocycles. The summed E-state index contributed by atoms with van der Waals surface area (Å²) in [7, 11) is 0. The van der Waals surface area contributed by atoms with E-state index in [-0.39, 0.29) is 5.54 Å². The van der Waals surface area contributed by atoms with Crippen molar-refractivity contribution in [2.75, 3.05) is 0 Å². The molecular formula is C18H29N. The molecule has 0 amide bonds. The Hall–Kier alpha value is -0.820. The van der Waals surface area contributed by atoms with Crippen LogP contribution in [0.1, 0.15) is 70.8 Å². The second kappa shape index (κ2) is 5.66. The summed E-state index contributed by atoms with van der Waals surface area (Å²) < 4.78 is 0. The third-order valence-corrected chi connectivity index (χ3v) is 4.63. The van der Waals surface area contributed by atoms with E-state index < -0.39 is 0 Å². The molecule has 0 aromatic heterocycles. The summed E-state index contributed by atoms with van der Waals surface area (Å²) in [5.74, 6) is 0.729. The van der Waals surface area contributed by atoms with E-state index >= 15 is 0 Å². The fraction of sp³-hybridized carbons (Fsp3) is 0.667. The first-order valence-electron chi connectivity index (χ1n) is 7.72. The molecule has 106 valence electrons. The van der Waals surface area contributed by atoms with Crippen LogP contribution in [0.3, 0.4) is 0 Å². The molecule has 19 heavy (non-hydrogen) atoms. The summed E-state index contributed by atoms with van der Waals surface area (Å²) in [5.41, 5.74) is 8.61. The van der Waals surface area contributed by atoms with Gasteiger partial charge in [0.2, 0.25) is 0 Å². The molecule has 0 saturated heterocycles. The topological polar surface area (TPSA) is 26.0 Å². The van der Waals surface area contributed by atoms with Gasteiger partial charge >= 0.3 is 0 Å². The Balaban J connectivity index is 1.88. The number of hydrogen-bond donors (Lipinski definition) is 1. The Morgan fingerprint density at radius 2 is 1.68 bits per heavy atom. The van der Waals surface area contributed by atoms with Crippen LogP contribution < -0.4 is 5.73 Å². The van der Waals surface area contributed by atoms with E-state index in [0.29, 0.717) is 5.41 Å². The fourth-order valence-electron chi connectivity index (χ4n) is 3.13. The molecule has 1 fully saturated rings. The van der Waals surface area contributed by atoms with Crippen molar-refractivity contribution in [2.24, 2.45) is 11.1 Å². The highest BCUT2D eigenvalue weighted by atomic mass is 14.7. The molecule has 2 rings (SSSR count). The summed E-state index contributed by atoms with van der Waals surface area (Å²) in [6.07, 6.45) is 7.29. The highest BCUT2D eigenvalue weighted by molar-refractivity contribution is 5.20. The van der Waals surface area contributed by atoms with Crippen molar-refractivity contribution in [3.8, 4) is 0 Å². The molecule has 0 radical (unpaired) electrons. The maximum absolute atomic E-state index is 6.61. The molecule has 1 saturated carbocycles. The zero-order valence-corrected chi connectivity index (χ0v) is 12.8. The molecule has 1 aromatic rings. The summed E-state index contributed by atoms with van der Waals surface area (Å²) in [4.78, 5) is 0. The van der Waals surface area contributed by atoms with E-state index in [2.05, 4.69) is 51.1 Å². The molecule has 1 aliphatic carbocycles. The van der Waals surface area contributed by atoms with Gasteiger partial charge in [0.25, 0.3) is 0 Å². The zero-order valence-electron chi connectivity index (χ0n) is 12.8. The van der Waals surface area contributed by atoms with Crippen LogP contribution in [0.2, 0.25) is 0 Å². The number of hydrogen-bond acceptors (Lipinski definition) is 1. The van der Waals surface area contributed by atoms with Crippen LogP contribution >= 0.6 is 0 Å². The van der Waals surface area contributed by atoms with Gasteiger partial charge in [-0.2, -0.15) is 0 Å². The molecular weight excluding hydrogens is 230 g/mol. The third kappa shape index (κ3) is 4.35. The van der Waals surface area contributed by atoms with Crippen LogP contribution in [0.5, 0.6) is 0 Å². The lowest BCUT2D eigenvalue weighted by atomic mass is 9.71. The third-order valence-electron chi connectivity index (χ3n) is 4.63. The van der Waals surface area contributed by atoms with E-state index in [4.69, 9.17) is 5.73 Å². The minimum Gasteiger partial charge on any atom is -0.325 e. The lowest BCUT2D eigenvalue weighted by molar-refractivity contribution is 0.220. The molecule has 0 unspecified atom stereocenters. The van der Waals surface area contributed by atoms with Gasteiger partial charge in [0.1, 0.15) is 0 Å². The Labute approximate surface area is 118 Å². The Morgan fingerprint density at radius 1 is 1.11 bits per heavy atom. The van der Waals surface area contributed by atoms with Crippen LogP contribution in [-0.4, -0.2) is 5.54 Å². The van der Waals surface area contributed by atoms with E-state index in [1.54, 1.807) is 0 Å². The van der Waals surface area contributed by atoms with E-state index in [0.717, 1.165) is 5.92 Å². The zero-order chi connectivity index (χ0) is 13.9. The minimum absolute atomic E-state index is 0.0958. The van der Waals surface area contributed by atoms with Crippen molar-refractivity contribution < 1.29 is 0 Å². The van der Waals surface area contributed by atoms with Gasteiger partial charge in [-0.05, 0) is 55.4 Å². The quantitative estimate of drug-likeness (QED) is 0.823. The average Bonchev–Trinajstić information content (AvgIpc) is 2.38. The predicted molar refractivity (Wildman–Crippen MR) is 83.3 cm³/mol. The summed E-state index contributed by atoms with van der Waals surface area (Å²) in [6, 6.07) is 10.9. The van der Waals surface area contributed by atoms with Gasteiger partial charge in [-0.15, -0.1) is 0 Å². The summed E-state index contributed by atoms with van der Waals surface area (Å²) in [6.45, 7) is 6.93. The number of benzene rings is 1. The van der Waals surface area contributed by atoms with Crippen LogP contribution in [0.15, 0.2) is 30.3 Å². The summed E-state index contributed by atoms with van der Waals surface area (Å²) >= 11 is 0. The van der Waals surface area contributed by atoms with Crippen LogP contribution in [0.25, 0.3) is 0 Å². The maximum Gasteiger partial charge on any atom is 0.0155 e. The lowest BCUT2D eigenvalue weighted by Gasteiger charge is -2.39. The molecule has 0 atom stereocenters. The number of nitrogens with two attached hydrogens (primary N) is 1. The lowest BCUT2D eigenvalue weighted by Crippen LogP contribution is -2.43. The first-order chi connectivity index (χ1) is 8.88. The van der Waals surface area contributed by atoms with Crippen LogP contribution in [0.4, 0.5) is 0 Å². The second-order valence-electron chi connectivity index (χ2n) is 7.61. The minimum atomic E-state index is 0.0958. The molecule has 0 heterocycles. The maximum atomic E-state index is 6.61. The molecule has 0 spiro atoms. The second-order valence-corrected chi connectivity index (χ2v) is 7.61. The highest BCUT2D eigenvalue weighted by Gasteiger charge is 2.32. The van der Waals surface area contributed by atoms with E-state index in [9.17, 15) is 0 Å². The van der Waals surface area contributed by atoms with Crippen molar-refractivity contribution in [1.29, 1.82) is 0 Å². The van der Waals surface area contributed by atoms with Crippen molar-refractivity contribution in [2.45, 2.75) is 70.8 Å². The van der Waals surface area contributed by atoms with E-state index in [1.165, 1.54) is 44.1 Å². The van der Waals surface area contributed by atoms with Crippen LogP contribution in [-0.2, 0) is 0 Å². The monoisotopic (exact) mass is 259 g/mol. The Kier molecular flexibility index (Phi) is 4.35. The largest absolute Gasteiger partial charge is 0.325 e. The van der Waals surface area contributed by atoms with Gasteiger partial charge in [-0.1, -0.05) is 51.1 Å². The van der Waals surface area contributed by atoms with E-state index in [1.807, 2.05) is 0 Å². The molecule has 1 aliphatic rings. The first kappa shape index (κ1) is 14.6. The highest BCUT2D eigenvalue weighted by Crippen LogP contribution is 2.40. The fourth-order valence-corrected chi connectivity index (χ4v) is 3.13.